The van der Waals surface area contributed by atoms with E-state index in [1.54, 1.807) is 32.2 Å². The fraction of sp³-hybridized carbons (Fsp3) is 0.176. The fourth-order valence-electron chi connectivity index (χ4n) is 2.44. The predicted molar refractivity (Wildman–Crippen MR) is 89.3 cm³/mol. The van der Waals surface area contributed by atoms with Crippen molar-refractivity contribution < 1.29 is 14.0 Å². The number of furan rings is 1. The molecule has 0 radical (unpaired) electrons. The van der Waals surface area contributed by atoms with Gasteiger partial charge < -0.3 is 4.42 Å². The van der Waals surface area contributed by atoms with Crippen LogP contribution in [0, 0.1) is 20.8 Å². The Kier molecular flexibility index (Phi) is 4.10. The Labute approximate surface area is 142 Å². The van der Waals surface area contributed by atoms with Gasteiger partial charge >= 0.3 is 0 Å². The van der Waals surface area contributed by atoms with E-state index in [2.05, 4.69) is 15.8 Å². The molecule has 0 saturated carbocycles. The van der Waals surface area contributed by atoms with Crippen LogP contribution in [0.15, 0.2) is 39.8 Å². The molecule has 2 amide bonds. The summed E-state index contributed by atoms with van der Waals surface area (Å²) < 4.78 is 6.56. The Morgan fingerprint density at radius 2 is 1.76 bits per heavy atom. The molecule has 0 aliphatic carbocycles. The highest BCUT2D eigenvalue weighted by Gasteiger charge is 2.17. The van der Waals surface area contributed by atoms with Crippen LogP contribution in [0.5, 0.6) is 0 Å². The maximum Gasteiger partial charge on any atom is 0.276 e. The summed E-state index contributed by atoms with van der Waals surface area (Å²) in [6.45, 7) is 5.19. The molecule has 8 nitrogen and oxygen atoms in total. The molecule has 0 spiro atoms. The number of aromatic nitrogens is 2. The number of nitrogens with one attached hydrogen (secondary N) is 2. The Bertz CT molecular complexity index is 1050. The molecule has 3 rings (SSSR count). The second kappa shape index (κ2) is 6.23. The monoisotopic (exact) mass is 340 g/mol. The summed E-state index contributed by atoms with van der Waals surface area (Å²) >= 11 is 0. The maximum atomic E-state index is 12.4. The van der Waals surface area contributed by atoms with E-state index in [4.69, 9.17) is 4.42 Å². The number of carbonyl (C=O) groups is 2. The zero-order chi connectivity index (χ0) is 18.1. The number of carbonyl (C=O) groups excluding carboxylic acids is 2. The first-order valence-electron chi connectivity index (χ1n) is 7.52. The number of hydrogen-bond donors (Lipinski definition) is 2. The van der Waals surface area contributed by atoms with E-state index in [0.717, 1.165) is 5.56 Å². The minimum atomic E-state index is -0.750. The molecule has 3 aromatic heterocycles. The van der Waals surface area contributed by atoms with Crippen molar-refractivity contribution in [1.29, 1.82) is 0 Å². The molecule has 2 N–H and O–H groups in total. The lowest BCUT2D eigenvalue weighted by Crippen LogP contribution is -2.43. The molecular weight excluding hydrogens is 324 g/mol. The van der Waals surface area contributed by atoms with Crippen molar-refractivity contribution in [2.45, 2.75) is 20.8 Å². The lowest BCUT2D eigenvalue weighted by molar-refractivity contribution is 0.0844. The normalized spacial score (nSPS) is 10.7. The molecule has 8 heteroatoms. The van der Waals surface area contributed by atoms with Crippen molar-refractivity contribution in [3.63, 3.8) is 0 Å². The van der Waals surface area contributed by atoms with Crippen molar-refractivity contribution in [3.8, 4) is 0 Å². The number of hydrazine groups is 1. The van der Waals surface area contributed by atoms with E-state index in [0.29, 0.717) is 22.7 Å². The molecule has 0 atom stereocenters. The third-order valence-electron chi connectivity index (χ3n) is 3.67. The van der Waals surface area contributed by atoms with Crippen LogP contribution in [0.3, 0.4) is 0 Å². The minimum absolute atomic E-state index is 0.177. The van der Waals surface area contributed by atoms with Crippen molar-refractivity contribution in [3.05, 3.63) is 69.2 Å². The summed E-state index contributed by atoms with van der Waals surface area (Å²) in [4.78, 5) is 40.8. The standard InChI is InChI=1S/C17H16N4O4/c1-9-4-5-14-18-7-13(17(24)21(14)8-9)16(23)20-19-15(22)12-6-10(2)25-11(12)3/h4-8H,1-3H3,(H,19,22)(H,20,23). The zero-order valence-electron chi connectivity index (χ0n) is 13.9. The Morgan fingerprint density at radius 3 is 2.40 bits per heavy atom. The maximum absolute atomic E-state index is 12.4. The van der Waals surface area contributed by atoms with Crippen LogP contribution < -0.4 is 16.4 Å². The van der Waals surface area contributed by atoms with Crippen molar-refractivity contribution >= 4 is 17.5 Å². The SMILES string of the molecule is Cc1ccc2ncc(C(=O)NNC(=O)c3cc(C)oc3C)c(=O)n2c1. The number of nitrogens with zero attached hydrogens (tertiary/aromatic N) is 2. The smallest absolute Gasteiger partial charge is 0.276 e. The van der Waals surface area contributed by atoms with Gasteiger partial charge in [0.1, 0.15) is 22.7 Å². The fourth-order valence-corrected chi connectivity index (χ4v) is 2.44. The summed E-state index contributed by atoms with van der Waals surface area (Å²) in [7, 11) is 0. The van der Waals surface area contributed by atoms with Crippen LogP contribution in [0.4, 0.5) is 0 Å². The third-order valence-corrected chi connectivity index (χ3v) is 3.67. The first-order chi connectivity index (χ1) is 11.9. The molecular formula is C17H16N4O4. The van der Waals surface area contributed by atoms with Gasteiger partial charge in [0.05, 0.1) is 5.56 Å². The van der Waals surface area contributed by atoms with Gasteiger partial charge in [-0.3, -0.25) is 29.6 Å². The molecule has 0 aliphatic rings. The van der Waals surface area contributed by atoms with Crippen molar-refractivity contribution in [2.24, 2.45) is 0 Å². The number of aryl methyl sites for hydroxylation is 3. The topological polar surface area (TPSA) is 106 Å². The van der Waals surface area contributed by atoms with Gasteiger partial charge in [0.15, 0.2) is 0 Å². The largest absolute Gasteiger partial charge is 0.466 e. The van der Waals surface area contributed by atoms with Crippen molar-refractivity contribution in [1.82, 2.24) is 20.2 Å². The van der Waals surface area contributed by atoms with Gasteiger partial charge in [-0.2, -0.15) is 0 Å². The molecule has 25 heavy (non-hydrogen) atoms. The van der Waals surface area contributed by atoms with E-state index in [9.17, 15) is 14.4 Å². The first kappa shape index (κ1) is 16.4. The number of hydrogen-bond acceptors (Lipinski definition) is 5. The summed E-state index contributed by atoms with van der Waals surface area (Å²) in [5.74, 6) is -0.263. The lowest BCUT2D eigenvalue weighted by Gasteiger charge is -2.07. The van der Waals surface area contributed by atoms with E-state index in [1.807, 2.05) is 13.0 Å². The Balaban J connectivity index is 1.81. The molecule has 3 aromatic rings. The highest BCUT2D eigenvalue weighted by Crippen LogP contribution is 2.12. The third kappa shape index (κ3) is 3.14. The molecule has 0 fully saturated rings. The average Bonchev–Trinajstić information content (AvgIpc) is 2.91. The highest BCUT2D eigenvalue weighted by molar-refractivity contribution is 5.99. The van der Waals surface area contributed by atoms with Crippen LogP contribution in [0.2, 0.25) is 0 Å². The summed E-state index contributed by atoms with van der Waals surface area (Å²) in [5, 5.41) is 0. The Morgan fingerprint density at radius 1 is 1.08 bits per heavy atom. The summed E-state index contributed by atoms with van der Waals surface area (Å²) in [5.41, 5.74) is 5.38. The van der Waals surface area contributed by atoms with Gasteiger partial charge in [0.2, 0.25) is 0 Å². The van der Waals surface area contributed by atoms with Gasteiger partial charge in [-0.05, 0) is 38.5 Å². The molecule has 0 aromatic carbocycles. The quantitative estimate of drug-likeness (QED) is 0.684. The average molecular weight is 340 g/mol. The van der Waals surface area contributed by atoms with Crippen molar-refractivity contribution in [2.75, 3.05) is 0 Å². The van der Waals surface area contributed by atoms with E-state index in [1.165, 1.54) is 10.6 Å². The van der Waals surface area contributed by atoms with E-state index < -0.39 is 17.4 Å². The van der Waals surface area contributed by atoms with Crippen LogP contribution in [-0.4, -0.2) is 21.2 Å². The van der Waals surface area contributed by atoms with Gasteiger partial charge in [0, 0.05) is 12.4 Å². The Hall–Kier alpha value is -3.42. The van der Waals surface area contributed by atoms with Gasteiger partial charge in [0.25, 0.3) is 17.4 Å². The highest BCUT2D eigenvalue weighted by atomic mass is 16.3. The number of fused-ring (bicyclic) bond motifs is 1. The van der Waals surface area contributed by atoms with Crippen LogP contribution in [-0.2, 0) is 0 Å². The zero-order valence-corrected chi connectivity index (χ0v) is 13.9. The molecule has 3 heterocycles. The molecule has 0 bridgehead atoms. The second-order valence-corrected chi connectivity index (χ2v) is 5.65. The number of pyridine rings is 1. The number of rotatable bonds is 2. The van der Waals surface area contributed by atoms with Crippen LogP contribution in [0.1, 0.15) is 37.8 Å². The number of amides is 2. The first-order valence-corrected chi connectivity index (χ1v) is 7.52. The van der Waals surface area contributed by atoms with Gasteiger partial charge in [-0.1, -0.05) is 6.07 Å². The van der Waals surface area contributed by atoms with E-state index >= 15 is 0 Å². The lowest BCUT2D eigenvalue weighted by atomic mass is 10.2. The summed E-state index contributed by atoms with van der Waals surface area (Å²) in [6.07, 6.45) is 2.78. The molecule has 128 valence electrons. The second-order valence-electron chi connectivity index (χ2n) is 5.65. The molecule has 0 saturated heterocycles. The molecule has 0 unspecified atom stereocenters. The van der Waals surface area contributed by atoms with Gasteiger partial charge in [-0.15, -0.1) is 0 Å². The van der Waals surface area contributed by atoms with Crippen LogP contribution >= 0.6 is 0 Å². The predicted octanol–water partition coefficient (Wildman–Crippen LogP) is 1.29. The minimum Gasteiger partial charge on any atom is -0.466 e. The van der Waals surface area contributed by atoms with E-state index in [-0.39, 0.29) is 5.56 Å². The summed E-state index contributed by atoms with van der Waals surface area (Å²) in [6, 6.07) is 5.06. The van der Waals surface area contributed by atoms with Crippen LogP contribution in [0.25, 0.3) is 5.65 Å². The van der Waals surface area contributed by atoms with Gasteiger partial charge in [-0.25, -0.2) is 4.98 Å². The molecule has 0 aliphatic heterocycles.